The van der Waals surface area contributed by atoms with Gasteiger partial charge in [0.25, 0.3) is 0 Å². The van der Waals surface area contributed by atoms with Gasteiger partial charge in [-0.2, -0.15) is 0 Å². The van der Waals surface area contributed by atoms with Gasteiger partial charge in [0, 0.05) is 12.6 Å². The van der Waals surface area contributed by atoms with Gasteiger partial charge in [-0.25, -0.2) is 9.78 Å². The van der Waals surface area contributed by atoms with E-state index in [1.54, 1.807) is 6.07 Å². The van der Waals surface area contributed by atoms with E-state index >= 15 is 0 Å². The zero-order chi connectivity index (χ0) is 14.5. The third-order valence-corrected chi connectivity index (χ3v) is 3.80. The monoisotopic (exact) mass is 277 g/mol. The van der Waals surface area contributed by atoms with Crippen LogP contribution in [0, 0.1) is 6.92 Å². The quantitative estimate of drug-likeness (QED) is 0.854. The Bertz CT molecular complexity index is 476. The summed E-state index contributed by atoms with van der Waals surface area (Å²) < 4.78 is 4.73. The maximum absolute atomic E-state index is 11.5. The molecule has 1 aliphatic rings. The Kier molecular flexibility index (Phi) is 4.95. The molecular formula is C15H23N3O2. The van der Waals surface area contributed by atoms with Crippen molar-refractivity contribution in [3.63, 3.8) is 0 Å². The Labute approximate surface area is 120 Å². The highest BCUT2D eigenvalue weighted by molar-refractivity contribution is 5.90. The summed E-state index contributed by atoms with van der Waals surface area (Å²) in [6.07, 6.45) is 2.38. The molecule has 1 unspecified atom stereocenters. The van der Waals surface area contributed by atoms with Crippen LogP contribution in [0.15, 0.2) is 12.1 Å². The van der Waals surface area contributed by atoms with Crippen LogP contribution in [-0.4, -0.2) is 48.6 Å². The van der Waals surface area contributed by atoms with Gasteiger partial charge in [0.2, 0.25) is 0 Å². The van der Waals surface area contributed by atoms with Gasteiger partial charge >= 0.3 is 5.97 Å². The molecule has 0 spiro atoms. The van der Waals surface area contributed by atoms with Crippen LogP contribution < -0.4 is 5.32 Å². The lowest BCUT2D eigenvalue weighted by Crippen LogP contribution is -2.42. The molecule has 0 amide bonds. The standard InChI is InChI=1S/C15H23N3O2/c1-4-18-9-5-6-12(10-18)17-14-8-7-13(11(2)16-14)15(19)20-3/h7-8,12H,4-6,9-10H2,1-3H3,(H,16,17). The number of aryl methyl sites for hydroxylation is 1. The Morgan fingerprint density at radius 3 is 3.00 bits per heavy atom. The molecule has 5 heteroatoms. The van der Waals surface area contributed by atoms with Crippen molar-refractivity contribution in [3.05, 3.63) is 23.4 Å². The Hall–Kier alpha value is -1.62. The third-order valence-electron chi connectivity index (χ3n) is 3.80. The predicted molar refractivity (Wildman–Crippen MR) is 79.1 cm³/mol. The molecule has 1 saturated heterocycles. The van der Waals surface area contributed by atoms with E-state index in [-0.39, 0.29) is 5.97 Å². The molecule has 110 valence electrons. The van der Waals surface area contributed by atoms with E-state index in [0.29, 0.717) is 17.3 Å². The molecule has 2 rings (SSSR count). The molecule has 1 aromatic heterocycles. The van der Waals surface area contributed by atoms with Gasteiger partial charge in [0.15, 0.2) is 0 Å². The van der Waals surface area contributed by atoms with E-state index < -0.39 is 0 Å². The smallest absolute Gasteiger partial charge is 0.339 e. The summed E-state index contributed by atoms with van der Waals surface area (Å²) in [6, 6.07) is 4.06. The number of rotatable bonds is 4. The minimum absolute atomic E-state index is 0.337. The zero-order valence-corrected chi connectivity index (χ0v) is 12.5. The van der Waals surface area contributed by atoms with Crippen molar-refractivity contribution >= 4 is 11.8 Å². The molecule has 1 aromatic rings. The van der Waals surface area contributed by atoms with Crippen LogP contribution in [0.4, 0.5) is 5.82 Å². The van der Waals surface area contributed by atoms with Gasteiger partial charge in [-0.05, 0) is 45.0 Å². The maximum Gasteiger partial charge on any atom is 0.339 e. The number of ether oxygens (including phenoxy) is 1. The van der Waals surface area contributed by atoms with Crippen molar-refractivity contribution in [1.82, 2.24) is 9.88 Å². The Morgan fingerprint density at radius 1 is 1.55 bits per heavy atom. The molecule has 5 nitrogen and oxygen atoms in total. The molecule has 0 bridgehead atoms. The van der Waals surface area contributed by atoms with Gasteiger partial charge in [-0.1, -0.05) is 6.92 Å². The second-order valence-electron chi connectivity index (χ2n) is 5.20. The number of nitrogens with one attached hydrogen (secondary N) is 1. The molecule has 20 heavy (non-hydrogen) atoms. The zero-order valence-electron chi connectivity index (χ0n) is 12.5. The topological polar surface area (TPSA) is 54.5 Å². The number of pyridine rings is 1. The summed E-state index contributed by atoms with van der Waals surface area (Å²) >= 11 is 0. The number of carbonyl (C=O) groups is 1. The largest absolute Gasteiger partial charge is 0.465 e. The van der Waals surface area contributed by atoms with E-state index in [0.717, 1.165) is 25.3 Å². The maximum atomic E-state index is 11.5. The number of hydrogen-bond donors (Lipinski definition) is 1. The third kappa shape index (κ3) is 3.48. The summed E-state index contributed by atoms with van der Waals surface area (Å²) in [5.41, 5.74) is 1.22. The molecule has 1 N–H and O–H groups in total. The van der Waals surface area contributed by atoms with E-state index in [2.05, 4.69) is 22.1 Å². The van der Waals surface area contributed by atoms with E-state index in [1.165, 1.54) is 20.1 Å². The minimum Gasteiger partial charge on any atom is -0.465 e. The van der Waals surface area contributed by atoms with Crippen molar-refractivity contribution in [2.45, 2.75) is 32.7 Å². The first kappa shape index (κ1) is 14.8. The van der Waals surface area contributed by atoms with Gasteiger partial charge in [0.05, 0.1) is 18.4 Å². The molecule has 1 aliphatic heterocycles. The lowest BCUT2D eigenvalue weighted by atomic mass is 10.1. The molecule has 0 saturated carbocycles. The van der Waals surface area contributed by atoms with Gasteiger partial charge in [-0.3, -0.25) is 0 Å². The second kappa shape index (κ2) is 6.70. The van der Waals surface area contributed by atoms with Crippen molar-refractivity contribution in [2.24, 2.45) is 0 Å². The first-order valence-corrected chi connectivity index (χ1v) is 7.19. The Morgan fingerprint density at radius 2 is 2.35 bits per heavy atom. The Balaban J connectivity index is 2.03. The average Bonchev–Trinajstić information content (AvgIpc) is 2.47. The van der Waals surface area contributed by atoms with Crippen LogP contribution >= 0.6 is 0 Å². The fraction of sp³-hybridized carbons (Fsp3) is 0.600. The summed E-state index contributed by atoms with van der Waals surface area (Å²) in [5, 5.41) is 3.47. The van der Waals surface area contributed by atoms with Crippen LogP contribution in [-0.2, 0) is 4.74 Å². The molecule has 2 heterocycles. The van der Waals surface area contributed by atoms with Gasteiger partial charge in [-0.15, -0.1) is 0 Å². The van der Waals surface area contributed by atoms with Crippen LogP contribution in [0.25, 0.3) is 0 Å². The number of likely N-dealkylation sites (tertiary alicyclic amines) is 1. The molecule has 0 aromatic carbocycles. The van der Waals surface area contributed by atoms with E-state index in [1.807, 2.05) is 13.0 Å². The number of nitrogens with zero attached hydrogens (tertiary/aromatic N) is 2. The molecule has 0 radical (unpaired) electrons. The van der Waals surface area contributed by atoms with Crippen molar-refractivity contribution < 1.29 is 9.53 Å². The minimum atomic E-state index is -0.337. The normalized spacial score (nSPS) is 19.6. The lowest BCUT2D eigenvalue weighted by Gasteiger charge is -2.32. The van der Waals surface area contributed by atoms with E-state index in [9.17, 15) is 4.79 Å². The van der Waals surface area contributed by atoms with Gasteiger partial charge < -0.3 is 15.0 Å². The molecule has 1 fully saturated rings. The first-order valence-electron chi connectivity index (χ1n) is 7.19. The number of esters is 1. The summed E-state index contributed by atoms with van der Waals surface area (Å²) in [5.74, 6) is 0.495. The van der Waals surface area contributed by atoms with Crippen molar-refractivity contribution in [1.29, 1.82) is 0 Å². The number of carbonyl (C=O) groups excluding carboxylic acids is 1. The summed E-state index contributed by atoms with van der Waals surface area (Å²) in [6.45, 7) is 7.34. The van der Waals surface area contributed by atoms with Crippen LogP contribution in [0.5, 0.6) is 0 Å². The number of piperidine rings is 1. The molecule has 1 atom stereocenters. The average molecular weight is 277 g/mol. The fourth-order valence-corrected chi connectivity index (χ4v) is 2.64. The van der Waals surface area contributed by atoms with Gasteiger partial charge in [0.1, 0.15) is 5.82 Å². The highest BCUT2D eigenvalue weighted by Crippen LogP contribution is 2.16. The number of aromatic nitrogens is 1. The SMILES string of the molecule is CCN1CCCC(Nc2ccc(C(=O)OC)c(C)n2)C1. The highest BCUT2D eigenvalue weighted by Gasteiger charge is 2.19. The fourth-order valence-electron chi connectivity index (χ4n) is 2.64. The highest BCUT2D eigenvalue weighted by atomic mass is 16.5. The number of hydrogen-bond acceptors (Lipinski definition) is 5. The lowest BCUT2D eigenvalue weighted by molar-refractivity contribution is 0.0599. The van der Waals surface area contributed by atoms with Crippen LogP contribution in [0.3, 0.4) is 0 Å². The molecular weight excluding hydrogens is 254 g/mol. The predicted octanol–water partition coefficient (Wildman–Crippen LogP) is 2.07. The molecule has 0 aliphatic carbocycles. The summed E-state index contributed by atoms with van der Waals surface area (Å²) in [4.78, 5) is 18.4. The van der Waals surface area contributed by atoms with E-state index in [4.69, 9.17) is 4.74 Å². The number of methoxy groups -OCH3 is 1. The first-order chi connectivity index (χ1) is 9.63. The summed E-state index contributed by atoms with van der Waals surface area (Å²) in [7, 11) is 1.38. The van der Waals surface area contributed by atoms with Crippen LogP contribution in [0.1, 0.15) is 35.8 Å². The van der Waals surface area contributed by atoms with Crippen molar-refractivity contribution in [2.75, 3.05) is 32.1 Å². The number of anilines is 1. The number of likely N-dealkylation sites (N-methyl/N-ethyl adjacent to an activating group) is 1. The van der Waals surface area contributed by atoms with Crippen molar-refractivity contribution in [3.8, 4) is 0 Å². The van der Waals surface area contributed by atoms with Crippen LogP contribution in [0.2, 0.25) is 0 Å². The second-order valence-corrected chi connectivity index (χ2v) is 5.20.